The third-order valence-electron chi connectivity index (χ3n) is 2.87. The average molecular weight is 297 g/mol. The van der Waals surface area contributed by atoms with Crippen LogP contribution in [-0.4, -0.2) is 24.8 Å². The van der Waals surface area contributed by atoms with E-state index < -0.39 is 11.9 Å². The van der Waals surface area contributed by atoms with E-state index in [1.54, 1.807) is 37.5 Å². The number of ether oxygens (including phenoxy) is 2. The highest BCUT2D eigenvalue weighted by molar-refractivity contribution is 6.14. The summed E-state index contributed by atoms with van der Waals surface area (Å²) in [6.45, 7) is 1.81. The van der Waals surface area contributed by atoms with Crippen molar-refractivity contribution in [2.24, 2.45) is 0 Å². The molecule has 0 aliphatic rings. The van der Waals surface area contributed by atoms with Crippen LogP contribution >= 0.6 is 0 Å². The fourth-order valence-electron chi connectivity index (χ4n) is 1.90. The fourth-order valence-corrected chi connectivity index (χ4v) is 1.90. The quantitative estimate of drug-likeness (QED) is 0.482. The summed E-state index contributed by atoms with van der Waals surface area (Å²) in [5.41, 5.74) is 0.508. The fraction of sp³-hybridized carbons (Fsp3) is 0.118. The zero-order chi connectivity index (χ0) is 15.9. The Morgan fingerprint density at radius 1 is 1.00 bits per heavy atom. The van der Waals surface area contributed by atoms with Gasteiger partial charge in [-0.3, -0.25) is 9.59 Å². The summed E-state index contributed by atoms with van der Waals surface area (Å²) in [5, 5.41) is 0. The van der Waals surface area contributed by atoms with Gasteiger partial charge >= 0.3 is 6.16 Å². The van der Waals surface area contributed by atoms with E-state index in [-0.39, 0.29) is 29.0 Å². The van der Waals surface area contributed by atoms with Crippen LogP contribution in [0.5, 0.6) is 5.75 Å². The largest absolute Gasteiger partial charge is 0.513 e. The molecule has 2 aromatic carbocycles. The number of para-hydroxylation sites is 1. The molecule has 5 heteroatoms. The summed E-state index contributed by atoms with van der Waals surface area (Å²) < 4.78 is 9.72. The van der Waals surface area contributed by atoms with Gasteiger partial charge in [-0.1, -0.05) is 36.4 Å². The monoisotopic (exact) mass is 297 g/mol. The van der Waals surface area contributed by atoms with Crippen LogP contribution in [0.3, 0.4) is 0 Å². The molecule has 0 fully saturated rings. The second-order valence-corrected chi connectivity index (χ2v) is 4.26. The summed E-state index contributed by atoms with van der Waals surface area (Å²) in [6, 6.07) is 12.6. The Morgan fingerprint density at radius 3 is 2.32 bits per heavy atom. The molecule has 0 atom stereocenters. The summed E-state index contributed by atoms with van der Waals surface area (Å²) in [4.78, 5) is 34.9. The topological polar surface area (TPSA) is 69.7 Å². The highest BCUT2D eigenvalue weighted by atomic mass is 16.7. The molecule has 0 bridgehead atoms. The first kappa shape index (κ1) is 15.4. The minimum Gasteiger partial charge on any atom is -0.434 e. The maximum Gasteiger partial charge on any atom is 0.513 e. The standard InChI is InChI=1S/C17H13O5/c1-2-21-17(20)22-15-10-6-5-9-14(15)16(19)13-8-4-3-7-12(13)11-18/h3-10H,2H2,1H3. The molecule has 0 saturated carbocycles. The molecule has 0 spiro atoms. The van der Waals surface area contributed by atoms with Crippen LogP contribution in [0.2, 0.25) is 0 Å². The predicted octanol–water partition coefficient (Wildman–Crippen LogP) is 2.91. The molecule has 2 aromatic rings. The third-order valence-corrected chi connectivity index (χ3v) is 2.87. The molecule has 0 heterocycles. The zero-order valence-corrected chi connectivity index (χ0v) is 11.9. The third kappa shape index (κ3) is 3.38. The van der Waals surface area contributed by atoms with Crippen molar-refractivity contribution in [2.45, 2.75) is 6.92 Å². The molecule has 5 nitrogen and oxygen atoms in total. The molecular formula is C17H13O5. The van der Waals surface area contributed by atoms with E-state index >= 15 is 0 Å². The molecule has 0 N–H and O–H groups in total. The van der Waals surface area contributed by atoms with Gasteiger partial charge < -0.3 is 9.47 Å². The Labute approximate surface area is 127 Å². The Balaban J connectivity index is 2.38. The molecule has 2 rings (SSSR count). The van der Waals surface area contributed by atoms with Crippen LogP contribution in [-0.2, 0) is 9.53 Å². The summed E-state index contributed by atoms with van der Waals surface area (Å²) in [7, 11) is 0. The van der Waals surface area contributed by atoms with Crippen molar-refractivity contribution in [2.75, 3.05) is 6.61 Å². The summed E-state index contributed by atoms with van der Waals surface area (Å²) in [5.74, 6) is -0.356. The van der Waals surface area contributed by atoms with Gasteiger partial charge in [0, 0.05) is 11.1 Å². The van der Waals surface area contributed by atoms with Crippen LogP contribution in [0.25, 0.3) is 0 Å². The van der Waals surface area contributed by atoms with Gasteiger partial charge in [-0.05, 0) is 19.1 Å². The van der Waals surface area contributed by atoms with Gasteiger partial charge in [0.05, 0.1) is 12.2 Å². The molecule has 0 unspecified atom stereocenters. The molecule has 0 aromatic heterocycles. The molecule has 0 saturated heterocycles. The van der Waals surface area contributed by atoms with Crippen molar-refractivity contribution >= 4 is 18.2 Å². The highest BCUT2D eigenvalue weighted by Gasteiger charge is 2.19. The van der Waals surface area contributed by atoms with Crippen molar-refractivity contribution in [3.8, 4) is 5.75 Å². The van der Waals surface area contributed by atoms with E-state index in [0.717, 1.165) is 0 Å². The van der Waals surface area contributed by atoms with E-state index in [1.807, 2.05) is 0 Å². The van der Waals surface area contributed by atoms with E-state index in [2.05, 4.69) is 0 Å². The lowest BCUT2D eigenvalue weighted by molar-refractivity contribution is 0.100. The first-order valence-corrected chi connectivity index (χ1v) is 6.63. The molecule has 0 amide bonds. The minimum absolute atomic E-state index is 0.0756. The van der Waals surface area contributed by atoms with Gasteiger partial charge in [0.15, 0.2) is 5.78 Å². The van der Waals surface area contributed by atoms with Crippen molar-refractivity contribution in [3.63, 3.8) is 0 Å². The number of ketones is 1. The molecule has 22 heavy (non-hydrogen) atoms. The van der Waals surface area contributed by atoms with E-state index in [1.165, 1.54) is 24.3 Å². The second-order valence-electron chi connectivity index (χ2n) is 4.26. The van der Waals surface area contributed by atoms with Crippen molar-refractivity contribution in [1.29, 1.82) is 0 Å². The molecular weight excluding hydrogens is 284 g/mol. The lowest BCUT2D eigenvalue weighted by Crippen LogP contribution is -2.13. The highest BCUT2D eigenvalue weighted by Crippen LogP contribution is 2.23. The SMILES string of the molecule is CCOC(=O)Oc1ccccc1C(=O)c1ccccc1[C]=O. The Kier molecular flexibility index (Phi) is 5.03. The number of rotatable bonds is 5. The number of benzene rings is 2. The first-order valence-electron chi connectivity index (χ1n) is 6.63. The normalized spacial score (nSPS) is 9.86. The average Bonchev–Trinajstić information content (AvgIpc) is 2.55. The van der Waals surface area contributed by atoms with E-state index in [9.17, 15) is 14.4 Å². The maximum absolute atomic E-state index is 12.6. The van der Waals surface area contributed by atoms with Crippen molar-refractivity contribution < 1.29 is 23.9 Å². The Morgan fingerprint density at radius 2 is 1.64 bits per heavy atom. The molecule has 0 aliphatic carbocycles. The Bertz CT molecular complexity index is 706. The zero-order valence-electron chi connectivity index (χ0n) is 11.9. The van der Waals surface area contributed by atoms with Gasteiger partial charge in [0.1, 0.15) is 5.75 Å². The Hall–Kier alpha value is -2.95. The first-order chi connectivity index (χ1) is 10.7. The van der Waals surface area contributed by atoms with Crippen molar-refractivity contribution in [3.05, 3.63) is 65.2 Å². The van der Waals surface area contributed by atoms with Gasteiger partial charge in [-0.25, -0.2) is 4.79 Å². The van der Waals surface area contributed by atoms with Gasteiger partial charge in [0.2, 0.25) is 6.29 Å². The summed E-state index contributed by atoms with van der Waals surface area (Å²) in [6.07, 6.45) is 0.833. The molecule has 111 valence electrons. The van der Waals surface area contributed by atoms with Crippen LogP contribution in [0.1, 0.15) is 28.4 Å². The predicted molar refractivity (Wildman–Crippen MR) is 78.8 cm³/mol. The van der Waals surface area contributed by atoms with Gasteiger partial charge in [0.25, 0.3) is 0 Å². The number of hydrogen-bond acceptors (Lipinski definition) is 5. The van der Waals surface area contributed by atoms with Gasteiger partial charge in [-0.15, -0.1) is 0 Å². The van der Waals surface area contributed by atoms with Crippen LogP contribution in [0.15, 0.2) is 48.5 Å². The van der Waals surface area contributed by atoms with Gasteiger partial charge in [-0.2, -0.15) is 0 Å². The second kappa shape index (κ2) is 7.17. The number of hydrogen-bond donors (Lipinski definition) is 0. The maximum atomic E-state index is 12.6. The lowest BCUT2D eigenvalue weighted by Gasteiger charge is -2.09. The van der Waals surface area contributed by atoms with E-state index in [0.29, 0.717) is 0 Å². The van der Waals surface area contributed by atoms with Crippen LogP contribution < -0.4 is 4.74 Å². The molecule has 1 radical (unpaired) electrons. The number of carbonyl (C=O) groups is 2. The number of carbonyl (C=O) groups excluding carboxylic acids is 3. The van der Waals surface area contributed by atoms with E-state index in [4.69, 9.17) is 9.47 Å². The minimum atomic E-state index is -0.891. The summed E-state index contributed by atoms with van der Waals surface area (Å²) >= 11 is 0. The lowest BCUT2D eigenvalue weighted by atomic mass is 9.98. The van der Waals surface area contributed by atoms with Crippen molar-refractivity contribution in [1.82, 2.24) is 0 Å². The molecule has 0 aliphatic heterocycles. The van der Waals surface area contributed by atoms with Crippen LogP contribution in [0, 0.1) is 0 Å². The smallest absolute Gasteiger partial charge is 0.434 e. The van der Waals surface area contributed by atoms with Crippen LogP contribution in [0.4, 0.5) is 4.79 Å².